The number of nitrogens with one attached hydrogen (secondary N) is 1. The molecule has 0 aliphatic rings. The topological polar surface area (TPSA) is 69.0 Å². The second kappa shape index (κ2) is 10.7. The Labute approximate surface area is 205 Å². The standard InChI is InChI=1S/C22H24ClIN4O2S/c1-13(2)16-11-15(24)9-10-18(16)25-20(29)12-31-22-27-26-21(28(22)4)14(3)30-19-8-6-5-7-17(19)23/h5-11,13-14H,12H2,1-4H3,(H,25,29)/t14-/m0/s1. The monoisotopic (exact) mass is 570 g/mol. The molecule has 0 bridgehead atoms. The Morgan fingerprint density at radius 3 is 2.68 bits per heavy atom. The maximum absolute atomic E-state index is 12.5. The third-order valence-corrected chi connectivity index (χ3v) is 6.62. The van der Waals surface area contributed by atoms with Crippen LogP contribution in [0.4, 0.5) is 5.69 Å². The summed E-state index contributed by atoms with van der Waals surface area (Å²) in [6, 6.07) is 13.3. The van der Waals surface area contributed by atoms with E-state index in [0.717, 1.165) is 14.8 Å². The second-order valence-electron chi connectivity index (χ2n) is 7.31. The van der Waals surface area contributed by atoms with E-state index in [0.29, 0.717) is 27.7 Å². The van der Waals surface area contributed by atoms with Crippen LogP contribution in [0.1, 0.15) is 44.2 Å². The number of carbonyl (C=O) groups excluding carboxylic acids is 1. The molecule has 2 aromatic carbocycles. The second-order valence-corrected chi connectivity index (χ2v) is 9.91. The van der Waals surface area contributed by atoms with E-state index in [9.17, 15) is 4.79 Å². The molecule has 1 amide bonds. The summed E-state index contributed by atoms with van der Waals surface area (Å²) < 4.78 is 8.91. The summed E-state index contributed by atoms with van der Waals surface area (Å²) in [5, 5.41) is 12.7. The first-order valence-corrected chi connectivity index (χ1v) is 12.2. The maximum Gasteiger partial charge on any atom is 0.234 e. The fraction of sp³-hybridized carbons (Fsp3) is 0.318. The number of aromatic nitrogens is 3. The lowest BCUT2D eigenvalue weighted by molar-refractivity contribution is -0.113. The van der Waals surface area contributed by atoms with Gasteiger partial charge >= 0.3 is 0 Å². The summed E-state index contributed by atoms with van der Waals surface area (Å²) in [7, 11) is 1.86. The number of rotatable bonds is 8. The summed E-state index contributed by atoms with van der Waals surface area (Å²) in [6.07, 6.45) is -0.346. The van der Waals surface area contributed by atoms with Crippen molar-refractivity contribution in [2.45, 2.75) is 37.9 Å². The summed E-state index contributed by atoms with van der Waals surface area (Å²) in [5.74, 6) is 1.71. The van der Waals surface area contributed by atoms with Gasteiger partial charge < -0.3 is 14.6 Å². The molecule has 0 unspecified atom stereocenters. The van der Waals surface area contributed by atoms with E-state index in [2.05, 4.69) is 58.0 Å². The predicted octanol–water partition coefficient (Wildman–Crippen LogP) is 6.07. The Hall–Kier alpha value is -1.78. The van der Waals surface area contributed by atoms with Gasteiger partial charge in [-0.3, -0.25) is 4.79 Å². The van der Waals surface area contributed by atoms with Crippen molar-refractivity contribution in [2.24, 2.45) is 7.05 Å². The van der Waals surface area contributed by atoms with Crippen molar-refractivity contribution < 1.29 is 9.53 Å². The van der Waals surface area contributed by atoms with E-state index in [1.54, 1.807) is 6.07 Å². The molecule has 6 nitrogen and oxygen atoms in total. The lowest BCUT2D eigenvalue weighted by Gasteiger charge is -2.15. The van der Waals surface area contributed by atoms with E-state index < -0.39 is 0 Å². The number of thioether (sulfide) groups is 1. The number of hydrogen-bond donors (Lipinski definition) is 1. The van der Waals surface area contributed by atoms with Crippen molar-refractivity contribution in [1.82, 2.24) is 14.8 Å². The van der Waals surface area contributed by atoms with E-state index in [-0.39, 0.29) is 17.8 Å². The number of benzene rings is 2. The van der Waals surface area contributed by atoms with Crippen LogP contribution in [0.2, 0.25) is 5.02 Å². The number of ether oxygens (including phenoxy) is 1. The largest absolute Gasteiger partial charge is 0.481 e. The number of anilines is 1. The molecule has 164 valence electrons. The van der Waals surface area contributed by atoms with Gasteiger partial charge in [-0.15, -0.1) is 10.2 Å². The van der Waals surface area contributed by atoms with Crippen LogP contribution in [0.3, 0.4) is 0 Å². The Morgan fingerprint density at radius 2 is 1.97 bits per heavy atom. The highest BCUT2D eigenvalue weighted by molar-refractivity contribution is 14.1. The lowest BCUT2D eigenvalue weighted by Crippen LogP contribution is -2.16. The molecular formula is C22H24ClIN4O2S. The van der Waals surface area contributed by atoms with Gasteiger partial charge in [-0.05, 0) is 71.3 Å². The molecule has 31 heavy (non-hydrogen) atoms. The first kappa shape index (κ1) is 23.9. The quantitative estimate of drug-likeness (QED) is 0.263. The van der Waals surface area contributed by atoms with E-state index in [1.807, 2.05) is 48.9 Å². The van der Waals surface area contributed by atoms with Crippen molar-refractivity contribution >= 4 is 57.5 Å². The number of hydrogen-bond acceptors (Lipinski definition) is 5. The van der Waals surface area contributed by atoms with Crippen LogP contribution < -0.4 is 10.1 Å². The van der Waals surface area contributed by atoms with Crippen LogP contribution in [-0.4, -0.2) is 26.4 Å². The zero-order valence-corrected chi connectivity index (χ0v) is 21.5. The summed E-state index contributed by atoms with van der Waals surface area (Å²) in [4.78, 5) is 12.5. The molecular weight excluding hydrogens is 547 g/mol. The minimum atomic E-state index is -0.346. The van der Waals surface area contributed by atoms with Gasteiger partial charge in [0.1, 0.15) is 5.75 Å². The van der Waals surface area contributed by atoms with Crippen LogP contribution in [0.25, 0.3) is 0 Å². The molecule has 0 radical (unpaired) electrons. The van der Waals surface area contributed by atoms with Gasteiger partial charge in [0, 0.05) is 16.3 Å². The summed E-state index contributed by atoms with van der Waals surface area (Å²) in [5.41, 5.74) is 1.97. The van der Waals surface area contributed by atoms with Crippen LogP contribution >= 0.6 is 46.0 Å². The van der Waals surface area contributed by atoms with Crippen LogP contribution in [0, 0.1) is 3.57 Å². The smallest absolute Gasteiger partial charge is 0.234 e. The molecule has 1 heterocycles. The molecule has 0 saturated carbocycles. The van der Waals surface area contributed by atoms with E-state index in [4.69, 9.17) is 16.3 Å². The number of halogens is 2. The van der Waals surface area contributed by atoms with Gasteiger partial charge in [0.25, 0.3) is 0 Å². The third kappa shape index (κ3) is 6.14. The Kier molecular flexibility index (Phi) is 8.23. The van der Waals surface area contributed by atoms with Gasteiger partial charge in [0.2, 0.25) is 5.91 Å². The highest BCUT2D eigenvalue weighted by Gasteiger charge is 2.19. The Morgan fingerprint density at radius 1 is 1.23 bits per heavy atom. The van der Waals surface area contributed by atoms with Crippen molar-refractivity contribution in [3.63, 3.8) is 0 Å². The average molecular weight is 571 g/mol. The fourth-order valence-corrected chi connectivity index (χ4v) is 4.44. The minimum Gasteiger partial charge on any atom is -0.481 e. The van der Waals surface area contributed by atoms with Crippen molar-refractivity contribution in [3.8, 4) is 5.75 Å². The number of carbonyl (C=O) groups is 1. The minimum absolute atomic E-state index is 0.0852. The molecule has 9 heteroatoms. The highest BCUT2D eigenvalue weighted by atomic mass is 127. The fourth-order valence-electron chi connectivity index (χ4n) is 3.03. The Bertz CT molecular complexity index is 1070. The number of amides is 1. The zero-order valence-electron chi connectivity index (χ0n) is 17.7. The summed E-state index contributed by atoms with van der Waals surface area (Å²) in [6.45, 7) is 6.12. The molecule has 1 atom stereocenters. The van der Waals surface area contributed by atoms with Crippen LogP contribution in [0.5, 0.6) is 5.75 Å². The average Bonchev–Trinajstić information content (AvgIpc) is 3.10. The molecule has 3 rings (SSSR count). The highest BCUT2D eigenvalue weighted by Crippen LogP contribution is 2.29. The molecule has 0 fully saturated rings. The van der Waals surface area contributed by atoms with Crippen molar-refractivity contribution in [1.29, 1.82) is 0 Å². The molecule has 1 N–H and O–H groups in total. The Balaban J connectivity index is 1.62. The van der Waals surface area contributed by atoms with Gasteiger partial charge in [0.05, 0.1) is 10.8 Å². The van der Waals surface area contributed by atoms with E-state index in [1.165, 1.54) is 11.8 Å². The SMILES string of the molecule is CC(C)c1cc(I)ccc1NC(=O)CSc1nnc([C@H](C)Oc2ccccc2Cl)n1C. The number of para-hydroxylation sites is 1. The normalized spacial score (nSPS) is 12.1. The lowest BCUT2D eigenvalue weighted by atomic mass is 10.0. The molecule has 3 aromatic rings. The third-order valence-electron chi connectivity index (χ3n) is 4.61. The van der Waals surface area contributed by atoms with E-state index >= 15 is 0 Å². The van der Waals surface area contributed by atoms with Crippen LogP contribution in [-0.2, 0) is 11.8 Å². The predicted molar refractivity (Wildman–Crippen MR) is 134 cm³/mol. The maximum atomic E-state index is 12.5. The zero-order chi connectivity index (χ0) is 22.5. The van der Waals surface area contributed by atoms with Crippen LogP contribution in [0.15, 0.2) is 47.6 Å². The molecule has 0 aliphatic carbocycles. The molecule has 0 saturated heterocycles. The van der Waals surface area contributed by atoms with Gasteiger partial charge in [-0.1, -0.05) is 49.3 Å². The summed E-state index contributed by atoms with van der Waals surface area (Å²) >= 11 is 9.79. The van der Waals surface area contributed by atoms with Crippen molar-refractivity contribution in [3.05, 3.63) is 62.4 Å². The molecule has 0 aliphatic heterocycles. The van der Waals surface area contributed by atoms with Gasteiger partial charge in [0.15, 0.2) is 17.1 Å². The first-order chi connectivity index (χ1) is 14.8. The van der Waals surface area contributed by atoms with Gasteiger partial charge in [-0.2, -0.15) is 0 Å². The molecule has 1 aromatic heterocycles. The van der Waals surface area contributed by atoms with Gasteiger partial charge in [-0.25, -0.2) is 0 Å². The first-order valence-electron chi connectivity index (χ1n) is 9.78. The number of nitrogens with zero attached hydrogens (tertiary/aromatic N) is 3. The van der Waals surface area contributed by atoms with Crippen molar-refractivity contribution in [2.75, 3.05) is 11.1 Å². The molecule has 0 spiro atoms.